The third-order valence-corrected chi connectivity index (χ3v) is 10.3. The Labute approximate surface area is 256 Å². The number of nitrogens with one attached hydrogen (secondary N) is 1. The van der Waals surface area contributed by atoms with Crippen LogP contribution >= 0.6 is 11.3 Å². The zero-order valence-electron chi connectivity index (χ0n) is 23.6. The second-order valence-corrected chi connectivity index (χ2v) is 12.6. The van der Waals surface area contributed by atoms with E-state index in [0.717, 1.165) is 33.4 Å². The number of nitrogens with zero attached hydrogens (tertiary/aromatic N) is 1. The van der Waals surface area contributed by atoms with Crippen molar-refractivity contribution in [1.82, 2.24) is 9.97 Å². The first-order valence-electron chi connectivity index (χ1n) is 15.0. The number of H-pyrrole nitrogens is 1. The predicted molar refractivity (Wildman–Crippen MR) is 190 cm³/mol. The maximum atomic E-state index is 5.57. The van der Waals surface area contributed by atoms with Crippen LogP contribution in [0.4, 0.5) is 0 Å². The standard InChI is InChI=1S/C41H24N2S/c1-2-12-26-24(11-1)25-13-3-4-15-28(25)38-29(26)17-9-18-30(38)34-23-37-41(32-16-6-8-22-36(32)44-37)43-40(34)33-20-10-19-31-27-14-5-7-21-35(27)42-39(31)33/h1-23,42H. The Morgan fingerprint density at radius 3 is 1.77 bits per heavy atom. The lowest BCUT2D eigenvalue weighted by molar-refractivity contribution is 1.42. The van der Waals surface area contributed by atoms with Crippen molar-refractivity contribution >= 4 is 85.8 Å². The molecule has 0 aliphatic rings. The number of fused-ring (bicyclic) bond motifs is 12. The Bertz CT molecular complexity index is 2740. The smallest absolute Gasteiger partial charge is 0.0896 e. The van der Waals surface area contributed by atoms with Crippen LogP contribution in [-0.2, 0) is 0 Å². The van der Waals surface area contributed by atoms with Gasteiger partial charge in [0, 0.05) is 37.5 Å². The number of aromatic nitrogens is 2. The van der Waals surface area contributed by atoms with E-state index in [9.17, 15) is 0 Å². The zero-order chi connectivity index (χ0) is 28.8. The van der Waals surface area contributed by atoms with Crippen molar-refractivity contribution in [3.8, 4) is 22.4 Å². The molecule has 0 unspecified atom stereocenters. The van der Waals surface area contributed by atoms with Crippen LogP contribution in [0.5, 0.6) is 0 Å². The lowest BCUT2D eigenvalue weighted by atomic mass is 9.88. The van der Waals surface area contributed by atoms with Gasteiger partial charge in [-0.25, -0.2) is 4.98 Å². The van der Waals surface area contributed by atoms with Gasteiger partial charge < -0.3 is 4.98 Å². The normalized spacial score (nSPS) is 12.1. The SMILES string of the molecule is c1ccc2c(c1)[nH]c1c(-c3nc4c(cc3-c3cccc5c6ccccc6c6ccccc6c35)sc3ccccc34)cccc12. The van der Waals surface area contributed by atoms with Gasteiger partial charge in [-0.2, -0.15) is 0 Å². The largest absolute Gasteiger partial charge is 0.354 e. The minimum absolute atomic E-state index is 1.00. The minimum atomic E-state index is 1.00. The fourth-order valence-electron chi connectivity index (χ4n) is 7.30. The molecule has 3 aromatic heterocycles. The van der Waals surface area contributed by atoms with Gasteiger partial charge >= 0.3 is 0 Å². The molecule has 2 nitrogen and oxygen atoms in total. The fraction of sp³-hybridized carbons (Fsp3) is 0. The van der Waals surface area contributed by atoms with E-state index in [1.54, 1.807) is 0 Å². The quantitative estimate of drug-likeness (QED) is 0.204. The highest BCUT2D eigenvalue weighted by atomic mass is 32.1. The molecule has 0 aliphatic heterocycles. The van der Waals surface area contributed by atoms with Crippen LogP contribution in [0.25, 0.3) is 96.8 Å². The number of thiophene rings is 1. The molecule has 7 aromatic carbocycles. The minimum Gasteiger partial charge on any atom is -0.354 e. The summed E-state index contributed by atoms with van der Waals surface area (Å²) >= 11 is 1.82. The van der Waals surface area contributed by atoms with Crippen molar-refractivity contribution in [1.29, 1.82) is 0 Å². The van der Waals surface area contributed by atoms with E-state index in [4.69, 9.17) is 4.98 Å². The van der Waals surface area contributed by atoms with Gasteiger partial charge in [0.05, 0.1) is 21.4 Å². The van der Waals surface area contributed by atoms with Crippen molar-refractivity contribution < 1.29 is 0 Å². The Kier molecular flexibility index (Phi) is 4.90. The van der Waals surface area contributed by atoms with Crippen LogP contribution < -0.4 is 0 Å². The van der Waals surface area contributed by atoms with Crippen molar-refractivity contribution in [2.45, 2.75) is 0 Å². The van der Waals surface area contributed by atoms with Gasteiger partial charge in [0.15, 0.2) is 0 Å². The number of hydrogen-bond acceptors (Lipinski definition) is 2. The molecule has 0 saturated heterocycles. The monoisotopic (exact) mass is 576 g/mol. The Morgan fingerprint density at radius 2 is 1.00 bits per heavy atom. The highest BCUT2D eigenvalue weighted by Gasteiger charge is 2.21. The number of rotatable bonds is 2. The summed E-state index contributed by atoms with van der Waals surface area (Å²) in [5.74, 6) is 0. The molecular formula is C41H24N2S. The molecule has 3 heterocycles. The molecule has 0 spiro atoms. The maximum absolute atomic E-state index is 5.57. The molecule has 0 bridgehead atoms. The first-order chi connectivity index (χ1) is 21.8. The van der Waals surface area contributed by atoms with Crippen LogP contribution in [0.15, 0.2) is 140 Å². The van der Waals surface area contributed by atoms with Gasteiger partial charge in [-0.1, -0.05) is 121 Å². The van der Waals surface area contributed by atoms with Crippen molar-refractivity contribution in [2.24, 2.45) is 0 Å². The average molecular weight is 577 g/mol. The van der Waals surface area contributed by atoms with E-state index in [1.165, 1.54) is 63.4 Å². The van der Waals surface area contributed by atoms with Crippen LogP contribution in [0.3, 0.4) is 0 Å². The summed E-state index contributed by atoms with van der Waals surface area (Å²) < 4.78 is 2.46. The van der Waals surface area contributed by atoms with E-state index < -0.39 is 0 Å². The Hall–Kier alpha value is -5.51. The molecule has 10 rings (SSSR count). The molecule has 0 saturated carbocycles. The molecule has 204 valence electrons. The molecule has 10 aromatic rings. The van der Waals surface area contributed by atoms with Crippen molar-refractivity contribution in [3.63, 3.8) is 0 Å². The molecule has 0 fully saturated rings. The number of para-hydroxylation sites is 2. The molecule has 0 atom stereocenters. The topological polar surface area (TPSA) is 28.7 Å². The Balaban J connectivity index is 1.40. The van der Waals surface area contributed by atoms with Crippen LogP contribution in [0.2, 0.25) is 0 Å². The van der Waals surface area contributed by atoms with Gasteiger partial charge in [0.1, 0.15) is 0 Å². The molecular weight excluding hydrogens is 553 g/mol. The highest BCUT2D eigenvalue weighted by molar-refractivity contribution is 7.25. The molecule has 0 amide bonds. The van der Waals surface area contributed by atoms with E-state index in [1.807, 2.05) is 11.3 Å². The maximum Gasteiger partial charge on any atom is 0.0896 e. The van der Waals surface area contributed by atoms with Crippen LogP contribution in [-0.4, -0.2) is 9.97 Å². The van der Waals surface area contributed by atoms with Crippen molar-refractivity contribution in [2.75, 3.05) is 0 Å². The first kappa shape index (κ1) is 24.0. The number of aromatic amines is 1. The summed E-state index contributed by atoms with van der Waals surface area (Å²) in [4.78, 5) is 9.33. The summed E-state index contributed by atoms with van der Waals surface area (Å²) in [5.41, 5.74) is 7.81. The van der Waals surface area contributed by atoms with Crippen LogP contribution in [0, 0.1) is 0 Å². The molecule has 3 heteroatoms. The third kappa shape index (κ3) is 3.27. The van der Waals surface area contributed by atoms with E-state index in [-0.39, 0.29) is 0 Å². The second-order valence-electron chi connectivity index (χ2n) is 11.5. The molecule has 1 N–H and O–H groups in total. The lowest BCUT2D eigenvalue weighted by Gasteiger charge is -2.17. The second kappa shape index (κ2) is 9.00. The predicted octanol–water partition coefficient (Wildman–Crippen LogP) is 11.9. The van der Waals surface area contributed by atoms with Crippen LogP contribution in [0.1, 0.15) is 0 Å². The first-order valence-corrected chi connectivity index (χ1v) is 15.8. The van der Waals surface area contributed by atoms with E-state index in [0.29, 0.717) is 0 Å². The van der Waals surface area contributed by atoms with Gasteiger partial charge in [-0.15, -0.1) is 11.3 Å². The summed E-state index contributed by atoms with van der Waals surface area (Å²) in [5, 5.41) is 11.3. The molecule has 0 aliphatic carbocycles. The number of benzene rings is 7. The van der Waals surface area contributed by atoms with Gasteiger partial charge in [0.25, 0.3) is 0 Å². The molecule has 0 radical (unpaired) electrons. The summed E-state index contributed by atoms with van der Waals surface area (Å²) in [6, 6.07) is 50.6. The fourth-order valence-corrected chi connectivity index (χ4v) is 8.38. The van der Waals surface area contributed by atoms with E-state index in [2.05, 4.69) is 145 Å². The summed E-state index contributed by atoms with van der Waals surface area (Å²) in [7, 11) is 0. The van der Waals surface area contributed by atoms with Crippen molar-refractivity contribution in [3.05, 3.63) is 140 Å². The zero-order valence-corrected chi connectivity index (χ0v) is 24.5. The van der Waals surface area contributed by atoms with Gasteiger partial charge in [-0.05, 0) is 56.1 Å². The average Bonchev–Trinajstić information content (AvgIpc) is 3.65. The van der Waals surface area contributed by atoms with E-state index >= 15 is 0 Å². The van der Waals surface area contributed by atoms with Gasteiger partial charge in [-0.3, -0.25) is 0 Å². The summed E-state index contributed by atoms with van der Waals surface area (Å²) in [6.45, 7) is 0. The lowest BCUT2D eigenvalue weighted by Crippen LogP contribution is -1.93. The highest BCUT2D eigenvalue weighted by Crippen LogP contribution is 2.46. The Morgan fingerprint density at radius 1 is 0.432 bits per heavy atom. The number of hydrogen-bond donors (Lipinski definition) is 1. The number of pyridine rings is 1. The van der Waals surface area contributed by atoms with Gasteiger partial charge in [0.2, 0.25) is 0 Å². The summed E-state index contributed by atoms with van der Waals surface area (Å²) in [6.07, 6.45) is 0. The third-order valence-electron chi connectivity index (χ3n) is 9.20. The molecule has 44 heavy (non-hydrogen) atoms.